The number of nitriles is 1. The summed E-state index contributed by atoms with van der Waals surface area (Å²) in [4.78, 5) is 10.4. The van der Waals surface area contributed by atoms with Gasteiger partial charge >= 0.3 is 5.97 Å². The first-order valence-corrected chi connectivity index (χ1v) is 7.57. The summed E-state index contributed by atoms with van der Waals surface area (Å²) in [7, 11) is 0. The molecule has 0 spiro atoms. The smallest absolute Gasteiger partial charge is 0.303 e. The highest BCUT2D eigenvalue weighted by molar-refractivity contribution is 5.66. The lowest BCUT2D eigenvalue weighted by Crippen LogP contribution is -2.11. The normalized spacial score (nSPS) is 22.0. The lowest BCUT2D eigenvalue weighted by molar-refractivity contribution is -0.136. The number of carboxylic acid groups (broad SMARTS) is 1. The largest absolute Gasteiger partial charge is 0.481 e. The van der Waals surface area contributed by atoms with E-state index >= 15 is 0 Å². The third-order valence-electron chi connectivity index (χ3n) is 4.22. The maximum absolute atomic E-state index is 10.4. The van der Waals surface area contributed by atoms with E-state index in [2.05, 4.69) is 24.3 Å². The van der Waals surface area contributed by atoms with Gasteiger partial charge in [-0.1, -0.05) is 24.3 Å². The highest BCUT2D eigenvalue weighted by Crippen LogP contribution is 2.36. The first-order chi connectivity index (χ1) is 10.2. The number of hydrogen-bond donors (Lipinski definition) is 1. The summed E-state index contributed by atoms with van der Waals surface area (Å²) in [6, 6.07) is 10.1. The van der Waals surface area contributed by atoms with Crippen LogP contribution in [0.1, 0.15) is 55.6 Å². The molecule has 1 aromatic rings. The van der Waals surface area contributed by atoms with Crippen molar-refractivity contribution in [3.8, 4) is 6.07 Å². The first kappa shape index (κ1) is 15.3. The Kier molecular flexibility index (Phi) is 5.57. The fourth-order valence-corrected chi connectivity index (χ4v) is 2.97. The molecule has 3 heteroatoms. The van der Waals surface area contributed by atoms with Crippen LogP contribution in [-0.4, -0.2) is 11.1 Å². The van der Waals surface area contributed by atoms with Crippen LogP contribution in [0.3, 0.4) is 0 Å². The molecule has 0 atom stereocenters. The Bertz CT molecular complexity index is 531. The molecule has 0 aliphatic heterocycles. The Morgan fingerprint density at radius 3 is 2.48 bits per heavy atom. The van der Waals surface area contributed by atoms with Crippen LogP contribution >= 0.6 is 0 Å². The average molecular weight is 283 g/mol. The molecule has 2 rings (SSSR count). The van der Waals surface area contributed by atoms with Gasteiger partial charge in [-0.25, -0.2) is 0 Å². The van der Waals surface area contributed by atoms with E-state index in [0.29, 0.717) is 23.8 Å². The third-order valence-corrected chi connectivity index (χ3v) is 4.22. The lowest BCUT2D eigenvalue weighted by atomic mass is 9.78. The van der Waals surface area contributed by atoms with Gasteiger partial charge < -0.3 is 5.11 Å². The molecular formula is C18H21NO2. The van der Waals surface area contributed by atoms with Gasteiger partial charge in [-0.2, -0.15) is 5.26 Å². The van der Waals surface area contributed by atoms with Gasteiger partial charge in [0, 0.05) is 6.42 Å². The molecule has 21 heavy (non-hydrogen) atoms. The summed E-state index contributed by atoms with van der Waals surface area (Å²) in [6.07, 6.45) is 9.71. The Morgan fingerprint density at radius 1 is 1.24 bits per heavy atom. The molecule has 1 aromatic carbocycles. The molecule has 0 bridgehead atoms. The van der Waals surface area contributed by atoms with E-state index in [1.807, 2.05) is 18.2 Å². The van der Waals surface area contributed by atoms with E-state index in [1.54, 1.807) is 0 Å². The molecule has 0 heterocycles. The maximum Gasteiger partial charge on any atom is 0.303 e. The SMILES string of the molecule is N#Cc1ccc([C@H]2CC[C@H](C=CCCC(=O)O)CC2)cc1. The van der Waals surface area contributed by atoms with E-state index in [-0.39, 0.29) is 6.42 Å². The first-order valence-electron chi connectivity index (χ1n) is 7.57. The van der Waals surface area contributed by atoms with Gasteiger partial charge in [0.1, 0.15) is 0 Å². The van der Waals surface area contributed by atoms with Crippen LogP contribution in [-0.2, 0) is 4.79 Å². The number of hydrogen-bond acceptors (Lipinski definition) is 2. The van der Waals surface area contributed by atoms with E-state index in [0.717, 1.165) is 12.8 Å². The number of allylic oxidation sites excluding steroid dienone is 2. The van der Waals surface area contributed by atoms with Crippen molar-refractivity contribution in [2.45, 2.75) is 44.4 Å². The molecule has 1 saturated carbocycles. The van der Waals surface area contributed by atoms with Crippen LogP contribution in [0.5, 0.6) is 0 Å². The van der Waals surface area contributed by atoms with Crippen LogP contribution in [0, 0.1) is 17.2 Å². The topological polar surface area (TPSA) is 61.1 Å². The van der Waals surface area contributed by atoms with Crippen molar-refractivity contribution in [3.05, 3.63) is 47.5 Å². The molecule has 1 aliphatic rings. The molecule has 0 amide bonds. The van der Waals surface area contributed by atoms with Gasteiger partial charge in [-0.05, 0) is 61.6 Å². The molecule has 0 aromatic heterocycles. The molecule has 0 radical (unpaired) electrons. The van der Waals surface area contributed by atoms with Crippen LogP contribution in [0.4, 0.5) is 0 Å². The highest BCUT2D eigenvalue weighted by atomic mass is 16.4. The molecule has 0 saturated heterocycles. The van der Waals surface area contributed by atoms with Crippen LogP contribution in [0.2, 0.25) is 0 Å². The van der Waals surface area contributed by atoms with E-state index in [1.165, 1.54) is 18.4 Å². The molecular weight excluding hydrogens is 262 g/mol. The van der Waals surface area contributed by atoms with Gasteiger partial charge in [0.2, 0.25) is 0 Å². The molecule has 110 valence electrons. The summed E-state index contributed by atoms with van der Waals surface area (Å²) < 4.78 is 0. The van der Waals surface area contributed by atoms with Crippen molar-refractivity contribution < 1.29 is 9.90 Å². The van der Waals surface area contributed by atoms with Gasteiger partial charge in [-0.15, -0.1) is 0 Å². The van der Waals surface area contributed by atoms with Crippen LogP contribution in [0.15, 0.2) is 36.4 Å². The van der Waals surface area contributed by atoms with Crippen LogP contribution in [0.25, 0.3) is 0 Å². The standard InChI is InChI=1S/C18H21NO2/c19-13-15-7-11-17(12-8-15)16-9-5-14(6-10-16)3-1-2-4-18(20)21/h1,3,7-8,11-12,14,16H,2,4-6,9-10H2,(H,20,21)/t14-,16-. The number of carbonyl (C=O) groups is 1. The monoisotopic (exact) mass is 283 g/mol. The van der Waals surface area contributed by atoms with E-state index in [4.69, 9.17) is 10.4 Å². The van der Waals surface area contributed by atoms with Crippen molar-refractivity contribution in [2.24, 2.45) is 5.92 Å². The summed E-state index contributed by atoms with van der Waals surface area (Å²) in [5.74, 6) is 0.457. The predicted octanol–water partition coefficient (Wildman–Crippen LogP) is 4.25. The van der Waals surface area contributed by atoms with Gasteiger partial charge in [-0.3, -0.25) is 4.79 Å². The Morgan fingerprint density at radius 2 is 1.90 bits per heavy atom. The number of nitrogens with zero attached hydrogens (tertiary/aromatic N) is 1. The summed E-state index contributed by atoms with van der Waals surface area (Å²) in [5, 5.41) is 17.4. The van der Waals surface area contributed by atoms with Crippen molar-refractivity contribution in [3.63, 3.8) is 0 Å². The zero-order valence-electron chi connectivity index (χ0n) is 12.2. The average Bonchev–Trinajstić information content (AvgIpc) is 2.52. The quantitative estimate of drug-likeness (QED) is 0.821. The van der Waals surface area contributed by atoms with E-state index in [9.17, 15) is 4.79 Å². The number of rotatable bonds is 5. The minimum absolute atomic E-state index is 0.219. The number of aliphatic carboxylic acids is 1. The Balaban J connectivity index is 1.80. The van der Waals surface area contributed by atoms with Gasteiger partial charge in [0.25, 0.3) is 0 Å². The zero-order chi connectivity index (χ0) is 15.1. The summed E-state index contributed by atoms with van der Waals surface area (Å²) in [6.45, 7) is 0. The lowest BCUT2D eigenvalue weighted by Gasteiger charge is -2.27. The minimum Gasteiger partial charge on any atom is -0.481 e. The molecule has 3 nitrogen and oxygen atoms in total. The van der Waals surface area contributed by atoms with Crippen LogP contribution < -0.4 is 0 Å². The molecule has 1 N–H and O–H groups in total. The van der Waals surface area contributed by atoms with Crippen molar-refractivity contribution in [1.29, 1.82) is 5.26 Å². The number of benzene rings is 1. The maximum atomic E-state index is 10.4. The second kappa shape index (κ2) is 7.64. The summed E-state index contributed by atoms with van der Waals surface area (Å²) in [5.41, 5.74) is 2.05. The molecule has 1 aliphatic carbocycles. The Labute approximate surface area is 125 Å². The van der Waals surface area contributed by atoms with Gasteiger partial charge in [0.15, 0.2) is 0 Å². The van der Waals surface area contributed by atoms with Crippen molar-refractivity contribution >= 4 is 5.97 Å². The Hall–Kier alpha value is -2.08. The highest BCUT2D eigenvalue weighted by Gasteiger charge is 2.20. The van der Waals surface area contributed by atoms with Crippen molar-refractivity contribution in [2.75, 3.05) is 0 Å². The molecule has 1 fully saturated rings. The van der Waals surface area contributed by atoms with Gasteiger partial charge in [0.05, 0.1) is 11.6 Å². The second-order valence-electron chi connectivity index (χ2n) is 5.71. The predicted molar refractivity (Wildman–Crippen MR) is 81.9 cm³/mol. The second-order valence-corrected chi connectivity index (χ2v) is 5.71. The molecule has 0 unspecified atom stereocenters. The minimum atomic E-state index is -0.732. The van der Waals surface area contributed by atoms with E-state index < -0.39 is 5.97 Å². The zero-order valence-corrected chi connectivity index (χ0v) is 12.2. The fraction of sp³-hybridized carbons (Fsp3) is 0.444. The summed E-state index contributed by atoms with van der Waals surface area (Å²) >= 11 is 0. The van der Waals surface area contributed by atoms with Crippen molar-refractivity contribution in [1.82, 2.24) is 0 Å². The number of carboxylic acids is 1. The fourth-order valence-electron chi connectivity index (χ4n) is 2.97. The third kappa shape index (κ3) is 4.75.